The van der Waals surface area contributed by atoms with Gasteiger partial charge in [-0.05, 0) is 48.9 Å². The summed E-state index contributed by atoms with van der Waals surface area (Å²) >= 11 is 0. The summed E-state index contributed by atoms with van der Waals surface area (Å²) < 4.78 is 15.0. The van der Waals surface area contributed by atoms with Crippen LogP contribution in [0.4, 0.5) is 16.0 Å². The number of fused-ring (bicyclic) bond motifs is 3. The molecule has 32 heavy (non-hydrogen) atoms. The number of hydrogen-bond donors (Lipinski definition) is 1. The van der Waals surface area contributed by atoms with E-state index in [2.05, 4.69) is 10.3 Å². The predicted molar refractivity (Wildman–Crippen MR) is 121 cm³/mol. The third kappa shape index (κ3) is 3.62. The lowest BCUT2D eigenvalue weighted by atomic mass is 10.1. The van der Waals surface area contributed by atoms with Gasteiger partial charge in [-0.2, -0.15) is 0 Å². The highest BCUT2D eigenvalue weighted by atomic mass is 19.1. The Morgan fingerprint density at radius 2 is 1.75 bits per heavy atom. The zero-order valence-electron chi connectivity index (χ0n) is 17.5. The molecule has 160 valence electrons. The number of aryl methyl sites for hydroxylation is 1. The Morgan fingerprint density at radius 1 is 1.03 bits per heavy atom. The number of carbonyl (C=O) groups excluding carboxylic acids is 2. The maximum Gasteiger partial charge on any atom is 0.253 e. The van der Waals surface area contributed by atoms with E-state index in [0.29, 0.717) is 18.2 Å². The number of anilines is 2. The standard InChI is InChI=1S/C25H21FN4O2/c1-16-6-8-17(9-7-16)15-29-24(32)22(14-23(31)27-19-12-10-18(26)11-13-19)30-21-5-3-2-4-20(21)28-25(29)30/h2-13,22H,14-15H2,1H3,(H,27,31)/t22-/m1/s1. The normalized spacial score (nSPS) is 15.2. The SMILES string of the molecule is Cc1ccc(CN2C(=O)[C@@H](CC(=O)Nc3ccc(F)cc3)n3c2nc2ccccc23)cc1. The summed E-state index contributed by atoms with van der Waals surface area (Å²) in [6.07, 6.45) is -0.0477. The van der Waals surface area contributed by atoms with Gasteiger partial charge in [-0.3, -0.25) is 19.1 Å². The van der Waals surface area contributed by atoms with Gasteiger partial charge in [0.25, 0.3) is 5.91 Å². The van der Waals surface area contributed by atoms with E-state index >= 15 is 0 Å². The molecule has 0 saturated heterocycles. The van der Waals surface area contributed by atoms with Gasteiger partial charge in [-0.25, -0.2) is 9.37 Å². The largest absolute Gasteiger partial charge is 0.326 e. The molecule has 1 aliphatic heterocycles. The number of para-hydroxylation sites is 2. The molecule has 0 aliphatic carbocycles. The number of halogens is 1. The van der Waals surface area contributed by atoms with Crippen molar-refractivity contribution in [3.63, 3.8) is 0 Å². The molecule has 0 radical (unpaired) electrons. The number of benzene rings is 3. The van der Waals surface area contributed by atoms with E-state index in [1.165, 1.54) is 24.3 Å². The van der Waals surface area contributed by atoms with E-state index < -0.39 is 6.04 Å². The number of aromatic nitrogens is 2. The van der Waals surface area contributed by atoms with Gasteiger partial charge >= 0.3 is 0 Å². The van der Waals surface area contributed by atoms with Gasteiger partial charge < -0.3 is 5.32 Å². The lowest BCUT2D eigenvalue weighted by Crippen LogP contribution is -2.31. The van der Waals surface area contributed by atoms with Crippen LogP contribution in [0.1, 0.15) is 23.6 Å². The van der Waals surface area contributed by atoms with Crippen LogP contribution in [-0.2, 0) is 16.1 Å². The summed E-state index contributed by atoms with van der Waals surface area (Å²) in [5.41, 5.74) is 4.19. The number of nitrogens with zero attached hydrogens (tertiary/aromatic N) is 3. The second-order valence-electron chi connectivity index (χ2n) is 7.96. The van der Waals surface area contributed by atoms with Crippen molar-refractivity contribution in [2.75, 3.05) is 10.2 Å². The molecule has 6 nitrogen and oxygen atoms in total. The number of nitrogens with one attached hydrogen (secondary N) is 1. The molecule has 1 aliphatic rings. The van der Waals surface area contributed by atoms with Crippen LogP contribution in [0.15, 0.2) is 72.8 Å². The van der Waals surface area contributed by atoms with E-state index in [4.69, 9.17) is 0 Å². The van der Waals surface area contributed by atoms with Gasteiger partial charge in [-0.15, -0.1) is 0 Å². The Hall–Kier alpha value is -4.00. The van der Waals surface area contributed by atoms with Crippen molar-refractivity contribution in [1.82, 2.24) is 9.55 Å². The summed E-state index contributed by atoms with van der Waals surface area (Å²) in [6.45, 7) is 2.39. The number of carbonyl (C=O) groups is 2. The van der Waals surface area contributed by atoms with Gasteiger partial charge in [0.1, 0.15) is 11.9 Å². The van der Waals surface area contributed by atoms with Gasteiger partial charge in [-0.1, -0.05) is 42.0 Å². The van der Waals surface area contributed by atoms with Crippen molar-refractivity contribution in [2.24, 2.45) is 0 Å². The van der Waals surface area contributed by atoms with E-state index in [9.17, 15) is 14.0 Å². The van der Waals surface area contributed by atoms with Crippen molar-refractivity contribution >= 4 is 34.5 Å². The molecule has 0 fully saturated rings. The molecule has 0 saturated carbocycles. The highest BCUT2D eigenvalue weighted by molar-refractivity contribution is 6.05. The Labute approximate surface area is 184 Å². The molecule has 7 heteroatoms. The van der Waals surface area contributed by atoms with Crippen LogP contribution < -0.4 is 10.2 Å². The maximum absolute atomic E-state index is 13.4. The van der Waals surface area contributed by atoms with E-state index in [1.54, 1.807) is 4.90 Å². The lowest BCUT2D eigenvalue weighted by molar-refractivity contribution is -0.124. The Bertz CT molecular complexity index is 1310. The highest BCUT2D eigenvalue weighted by Gasteiger charge is 2.40. The first kappa shape index (κ1) is 19.9. The topological polar surface area (TPSA) is 67.2 Å². The molecule has 4 aromatic rings. The summed E-state index contributed by atoms with van der Waals surface area (Å²) in [5.74, 6) is -0.337. The molecule has 5 rings (SSSR count). The summed E-state index contributed by atoms with van der Waals surface area (Å²) in [6, 6.07) is 20.4. The molecule has 1 N–H and O–H groups in total. The number of amides is 2. The average Bonchev–Trinajstić information content (AvgIpc) is 3.27. The number of hydrogen-bond acceptors (Lipinski definition) is 3. The second kappa shape index (κ2) is 7.92. The molecule has 3 aromatic carbocycles. The molecule has 0 spiro atoms. The maximum atomic E-state index is 13.4. The number of imidazole rings is 1. The van der Waals surface area contributed by atoms with Crippen molar-refractivity contribution < 1.29 is 14.0 Å². The third-order valence-corrected chi connectivity index (χ3v) is 5.65. The molecule has 0 unspecified atom stereocenters. The van der Waals surface area contributed by atoms with Crippen LogP contribution in [0.5, 0.6) is 0 Å². The first-order chi connectivity index (χ1) is 15.5. The minimum Gasteiger partial charge on any atom is -0.326 e. The van der Waals surface area contributed by atoms with Gasteiger partial charge in [0.05, 0.1) is 24.0 Å². The first-order valence-electron chi connectivity index (χ1n) is 10.4. The zero-order chi connectivity index (χ0) is 22.2. The van der Waals surface area contributed by atoms with E-state index in [0.717, 1.165) is 22.2 Å². The van der Waals surface area contributed by atoms with Crippen molar-refractivity contribution in [2.45, 2.75) is 25.9 Å². The van der Waals surface area contributed by atoms with Gasteiger partial charge in [0, 0.05) is 5.69 Å². The molecule has 2 amide bonds. The Morgan fingerprint density at radius 3 is 2.50 bits per heavy atom. The highest BCUT2D eigenvalue weighted by Crippen LogP contribution is 2.37. The summed E-state index contributed by atoms with van der Waals surface area (Å²) in [5, 5.41) is 2.75. The fourth-order valence-electron chi connectivity index (χ4n) is 4.04. The third-order valence-electron chi connectivity index (χ3n) is 5.65. The molecular formula is C25H21FN4O2. The van der Waals surface area contributed by atoms with Crippen molar-refractivity contribution in [1.29, 1.82) is 0 Å². The van der Waals surface area contributed by atoms with E-state index in [1.807, 2.05) is 60.0 Å². The Balaban J connectivity index is 1.46. The van der Waals surface area contributed by atoms with Crippen LogP contribution in [0.2, 0.25) is 0 Å². The van der Waals surface area contributed by atoms with Crippen LogP contribution >= 0.6 is 0 Å². The lowest BCUT2D eigenvalue weighted by Gasteiger charge is -2.16. The average molecular weight is 428 g/mol. The summed E-state index contributed by atoms with van der Waals surface area (Å²) in [7, 11) is 0. The molecule has 1 atom stereocenters. The molecule has 2 heterocycles. The molecule has 0 bridgehead atoms. The second-order valence-corrected chi connectivity index (χ2v) is 7.96. The quantitative estimate of drug-likeness (QED) is 0.505. The first-order valence-corrected chi connectivity index (χ1v) is 10.4. The minimum absolute atomic E-state index is 0.0477. The van der Waals surface area contributed by atoms with Gasteiger partial charge in [0.15, 0.2) is 0 Å². The predicted octanol–water partition coefficient (Wildman–Crippen LogP) is 4.60. The summed E-state index contributed by atoms with van der Waals surface area (Å²) in [4.78, 5) is 32.5. The van der Waals surface area contributed by atoms with Gasteiger partial charge in [0.2, 0.25) is 11.9 Å². The van der Waals surface area contributed by atoms with Crippen LogP contribution in [0.25, 0.3) is 11.0 Å². The Kier molecular flexibility index (Phi) is 4.93. The smallest absolute Gasteiger partial charge is 0.253 e. The molecule has 1 aromatic heterocycles. The van der Waals surface area contributed by atoms with Crippen molar-refractivity contribution in [3.05, 3.63) is 89.7 Å². The van der Waals surface area contributed by atoms with Crippen LogP contribution in [0.3, 0.4) is 0 Å². The van der Waals surface area contributed by atoms with Crippen molar-refractivity contribution in [3.8, 4) is 0 Å². The van der Waals surface area contributed by atoms with Crippen LogP contribution in [0, 0.1) is 12.7 Å². The monoisotopic (exact) mass is 428 g/mol. The van der Waals surface area contributed by atoms with E-state index in [-0.39, 0.29) is 24.1 Å². The zero-order valence-corrected chi connectivity index (χ0v) is 17.5. The fraction of sp³-hybridized carbons (Fsp3) is 0.160. The van der Waals surface area contributed by atoms with Crippen LogP contribution in [-0.4, -0.2) is 21.4 Å². The molecular weight excluding hydrogens is 407 g/mol. The number of rotatable bonds is 5. The fourth-order valence-corrected chi connectivity index (χ4v) is 4.04. The minimum atomic E-state index is -0.705.